The lowest BCUT2D eigenvalue weighted by molar-refractivity contribution is -0.141. The molecule has 1 fully saturated rings. The molecule has 0 N–H and O–H groups in total. The smallest absolute Gasteiger partial charge is 0.306 e. The third-order valence-corrected chi connectivity index (χ3v) is 8.70. The fraction of sp³-hybridized carbons (Fsp3) is 0.800. The van der Waals surface area contributed by atoms with Crippen molar-refractivity contribution in [2.45, 2.75) is 71.2 Å². The molecule has 19 heavy (non-hydrogen) atoms. The molecule has 1 heterocycles. The quantitative estimate of drug-likeness (QED) is 0.434. The molecular formula is C15H28O3Si. The maximum Gasteiger partial charge on any atom is 0.306 e. The number of carbonyl (C=O) groups is 1. The van der Waals surface area contributed by atoms with Crippen LogP contribution in [0, 0.1) is 0 Å². The average Bonchev–Trinajstić information content (AvgIpc) is 2.61. The molecule has 4 heteroatoms. The SMILES string of the molecule is C/C(=C\CO[Si](C)(C)C(C)(C)C)C[C@@H]1CCC(=O)O1. The second-order valence-electron chi connectivity index (χ2n) is 6.98. The van der Waals surface area contributed by atoms with E-state index in [-0.39, 0.29) is 17.1 Å². The predicted molar refractivity (Wildman–Crippen MR) is 80.6 cm³/mol. The molecule has 1 atom stereocenters. The zero-order valence-corrected chi connectivity index (χ0v) is 14.2. The highest BCUT2D eigenvalue weighted by Gasteiger charge is 2.36. The number of cyclic esters (lactones) is 1. The summed E-state index contributed by atoms with van der Waals surface area (Å²) in [6.07, 6.45) is 4.47. The van der Waals surface area contributed by atoms with Gasteiger partial charge in [0, 0.05) is 12.8 Å². The number of esters is 1. The first-order chi connectivity index (χ1) is 8.62. The van der Waals surface area contributed by atoms with Gasteiger partial charge in [-0.15, -0.1) is 0 Å². The van der Waals surface area contributed by atoms with E-state index in [1.807, 2.05) is 0 Å². The first-order valence-electron chi connectivity index (χ1n) is 7.11. The monoisotopic (exact) mass is 284 g/mol. The van der Waals surface area contributed by atoms with Gasteiger partial charge < -0.3 is 9.16 Å². The van der Waals surface area contributed by atoms with Crippen LogP contribution < -0.4 is 0 Å². The molecule has 0 bridgehead atoms. The van der Waals surface area contributed by atoms with Crippen molar-refractivity contribution in [1.29, 1.82) is 0 Å². The Morgan fingerprint density at radius 2 is 2.11 bits per heavy atom. The van der Waals surface area contributed by atoms with Crippen molar-refractivity contribution < 1.29 is 14.0 Å². The standard InChI is InChI=1S/C15H28O3Si/c1-12(11-13-7-8-14(16)18-13)9-10-17-19(5,6)15(2,3)4/h9,13H,7-8,10-11H2,1-6H3/b12-9+/t13-/m0/s1. The van der Waals surface area contributed by atoms with Crippen LogP contribution in [0.5, 0.6) is 0 Å². The van der Waals surface area contributed by atoms with Gasteiger partial charge in [-0.1, -0.05) is 32.4 Å². The van der Waals surface area contributed by atoms with Crippen molar-refractivity contribution in [3.05, 3.63) is 11.6 Å². The predicted octanol–water partition coefficient (Wildman–Crippen LogP) is 4.05. The van der Waals surface area contributed by atoms with Gasteiger partial charge in [0.25, 0.3) is 0 Å². The number of carbonyl (C=O) groups excluding carboxylic acids is 1. The van der Waals surface area contributed by atoms with Crippen molar-refractivity contribution >= 4 is 14.3 Å². The molecule has 0 aromatic carbocycles. The van der Waals surface area contributed by atoms with Crippen molar-refractivity contribution in [1.82, 2.24) is 0 Å². The number of rotatable bonds is 5. The molecule has 1 rings (SSSR count). The molecule has 0 amide bonds. The summed E-state index contributed by atoms with van der Waals surface area (Å²) in [5.41, 5.74) is 1.25. The van der Waals surface area contributed by atoms with Crippen LogP contribution in [0.25, 0.3) is 0 Å². The number of hydrogen-bond acceptors (Lipinski definition) is 3. The fourth-order valence-electron chi connectivity index (χ4n) is 1.78. The van der Waals surface area contributed by atoms with Gasteiger partial charge in [0.05, 0.1) is 6.61 Å². The summed E-state index contributed by atoms with van der Waals surface area (Å²) in [5, 5.41) is 0.246. The second-order valence-corrected chi connectivity index (χ2v) is 11.8. The van der Waals surface area contributed by atoms with Crippen LogP contribution >= 0.6 is 0 Å². The topological polar surface area (TPSA) is 35.5 Å². The van der Waals surface area contributed by atoms with Gasteiger partial charge in [0.1, 0.15) is 6.10 Å². The van der Waals surface area contributed by atoms with Crippen molar-refractivity contribution in [2.24, 2.45) is 0 Å². The van der Waals surface area contributed by atoms with Crippen LogP contribution in [0.15, 0.2) is 11.6 Å². The highest BCUT2D eigenvalue weighted by molar-refractivity contribution is 6.74. The Bertz CT molecular complexity index is 353. The molecule has 0 aromatic rings. The van der Waals surface area contributed by atoms with Gasteiger partial charge in [-0.3, -0.25) is 4.79 Å². The Labute approximate surface area is 118 Å². The van der Waals surface area contributed by atoms with Crippen molar-refractivity contribution in [3.8, 4) is 0 Å². The lowest BCUT2D eigenvalue weighted by Crippen LogP contribution is -2.40. The Morgan fingerprint density at radius 1 is 1.47 bits per heavy atom. The minimum Gasteiger partial charge on any atom is -0.462 e. The lowest BCUT2D eigenvalue weighted by atomic mass is 10.1. The van der Waals surface area contributed by atoms with Gasteiger partial charge in [-0.25, -0.2) is 0 Å². The van der Waals surface area contributed by atoms with Crippen LogP contribution in [0.2, 0.25) is 18.1 Å². The highest BCUT2D eigenvalue weighted by atomic mass is 28.4. The summed E-state index contributed by atoms with van der Waals surface area (Å²) >= 11 is 0. The second kappa shape index (κ2) is 6.22. The Morgan fingerprint density at radius 3 is 2.58 bits per heavy atom. The molecule has 0 unspecified atom stereocenters. The summed E-state index contributed by atoms with van der Waals surface area (Å²) in [4.78, 5) is 11.0. The maximum atomic E-state index is 11.0. The first-order valence-corrected chi connectivity index (χ1v) is 10.0. The van der Waals surface area contributed by atoms with E-state index in [1.165, 1.54) is 5.57 Å². The van der Waals surface area contributed by atoms with E-state index in [1.54, 1.807) is 0 Å². The fourth-order valence-corrected chi connectivity index (χ4v) is 2.71. The third kappa shape index (κ3) is 5.11. The van der Waals surface area contributed by atoms with Crippen LogP contribution in [0.3, 0.4) is 0 Å². The minimum absolute atomic E-state index is 0.0599. The Kier molecular flexibility index (Phi) is 5.39. The first kappa shape index (κ1) is 16.4. The van der Waals surface area contributed by atoms with Crippen LogP contribution in [-0.4, -0.2) is 27.0 Å². The third-order valence-electron chi connectivity index (χ3n) is 4.20. The molecule has 1 aliphatic heterocycles. The average molecular weight is 284 g/mol. The molecule has 1 aliphatic rings. The summed E-state index contributed by atoms with van der Waals surface area (Å²) in [5.74, 6) is -0.0599. The lowest BCUT2D eigenvalue weighted by Gasteiger charge is -2.35. The van der Waals surface area contributed by atoms with Gasteiger partial charge in [0.2, 0.25) is 0 Å². The zero-order chi connectivity index (χ0) is 14.7. The molecule has 0 aliphatic carbocycles. The van der Waals surface area contributed by atoms with E-state index < -0.39 is 8.32 Å². The summed E-state index contributed by atoms with van der Waals surface area (Å²) < 4.78 is 11.3. The van der Waals surface area contributed by atoms with Crippen LogP contribution in [0.4, 0.5) is 0 Å². The Balaban J connectivity index is 2.38. The highest BCUT2D eigenvalue weighted by Crippen LogP contribution is 2.36. The summed E-state index contributed by atoms with van der Waals surface area (Å²) in [7, 11) is -1.66. The van der Waals surface area contributed by atoms with Crippen molar-refractivity contribution in [2.75, 3.05) is 6.61 Å². The molecule has 3 nitrogen and oxygen atoms in total. The van der Waals surface area contributed by atoms with Gasteiger partial charge >= 0.3 is 5.97 Å². The van der Waals surface area contributed by atoms with E-state index in [0.717, 1.165) is 12.8 Å². The summed E-state index contributed by atoms with van der Waals surface area (Å²) in [6, 6.07) is 0. The molecule has 1 saturated heterocycles. The normalized spacial score (nSPS) is 21.7. The van der Waals surface area contributed by atoms with E-state index >= 15 is 0 Å². The van der Waals surface area contributed by atoms with E-state index in [9.17, 15) is 4.79 Å². The van der Waals surface area contributed by atoms with E-state index in [0.29, 0.717) is 13.0 Å². The maximum absolute atomic E-state index is 11.0. The molecule has 0 aromatic heterocycles. The number of ether oxygens (including phenoxy) is 1. The molecule has 0 spiro atoms. The van der Waals surface area contributed by atoms with Gasteiger partial charge in [-0.2, -0.15) is 0 Å². The van der Waals surface area contributed by atoms with Crippen LogP contribution in [0.1, 0.15) is 47.0 Å². The molecule has 0 saturated carbocycles. The Hall–Kier alpha value is -0.613. The zero-order valence-electron chi connectivity index (χ0n) is 13.2. The van der Waals surface area contributed by atoms with Gasteiger partial charge in [-0.05, 0) is 31.5 Å². The molecule has 0 radical (unpaired) electrons. The summed E-state index contributed by atoms with van der Waals surface area (Å²) in [6.45, 7) is 14.0. The van der Waals surface area contributed by atoms with Crippen LogP contribution in [-0.2, 0) is 14.0 Å². The molecular weight excluding hydrogens is 256 g/mol. The van der Waals surface area contributed by atoms with Gasteiger partial charge in [0.15, 0.2) is 8.32 Å². The van der Waals surface area contributed by atoms with Crippen molar-refractivity contribution in [3.63, 3.8) is 0 Å². The molecule has 110 valence electrons. The number of hydrogen-bond donors (Lipinski definition) is 0. The largest absolute Gasteiger partial charge is 0.462 e. The van der Waals surface area contributed by atoms with E-state index in [4.69, 9.17) is 9.16 Å². The minimum atomic E-state index is -1.66. The van der Waals surface area contributed by atoms with E-state index in [2.05, 4.69) is 46.9 Å².